The van der Waals surface area contributed by atoms with E-state index in [1.54, 1.807) is 0 Å². The first-order chi connectivity index (χ1) is 5.45. The summed E-state index contributed by atoms with van der Waals surface area (Å²) in [5, 5.41) is 0. The summed E-state index contributed by atoms with van der Waals surface area (Å²) in [7, 11) is 0.639. The fourth-order valence-corrected chi connectivity index (χ4v) is 4.39. The fraction of sp³-hybridized carbons (Fsp3) is 1.00. The Kier molecular flexibility index (Phi) is 6.79. The van der Waals surface area contributed by atoms with E-state index in [0.29, 0.717) is 15.8 Å². The molecule has 0 saturated heterocycles. The SMILES string of the molecule is CC(C)[P@@](C)CC[P@](C)C(C)C. The Morgan fingerprint density at radius 2 is 1.00 bits per heavy atom. The van der Waals surface area contributed by atoms with E-state index in [2.05, 4.69) is 41.0 Å². The van der Waals surface area contributed by atoms with E-state index in [1.165, 1.54) is 12.3 Å². The lowest BCUT2D eigenvalue weighted by molar-refractivity contribution is 1.07. The van der Waals surface area contributed by atoms with Crippen LogP contribution in [0.3, 0.4) is 0 Å². The largest absolute Gasteiger partial charge is 0.107 e. The summed E-state index contributed by atoms with van der Waals surface area (Å²) in [6.45, 7) is 14.3. The van der Waals surface area contributed by atoms with Crippen LogP contribution in [0.15, 0.2) is 0 Å². The fourth-order valence-electron chi connectivity index (χ4n) is 0.832. The minimum Gasteiger partial charge on any atom is -0.107 e. The van der Waals surface area contributed by atoms with Crippen molar-refractivity contribution < 1.29 is 0 Å². The van der Waals surface area contributed by atoms with Crippen LogP contribution in [0.1, 0.15) is 27.7 Å². The molecule has 2 atom stereocenters. The normalized spacial score (nSPS) is 17.0. The van der Waals surface area contributed by atoms with Crippen LogP contribution < -0.4 is 0 Å². The zero-order valence-corrected chi connectivity index (χ0v) is 11.3. The third kappa shape index (κ3) is 5.50. The highest BCUT2D eigenvalue weighted by molar-refractivity contribution is 7.61. The summed E-state index contributed by atoms with van der Waals surface area (Å²) < 4.78 is 0. The van der Waals surface area contributed by atoms with Gasteiger partial charge in [0.1, 0.15) is 0 Å². The van der Waals surface area contributed by atoms with Crippen LogP contribution in [0.25, 0.3) is 0 Å². The van der Waals surface area contributed by atoms with Crippen LogP contribution in [0, 0.1) is 0 Å². The molecule has 0 bridgehead atoms. The Labute approximate surface area is 81.0 Å². The Morgan fingerprint density at radius 1 is 0.750 bits per heavy atom. The van der Waals surface area contributed by atoms with Crippen molar-refractivity contribution in [2.24, 2.45) is 0 Å². The van der Waals surface area contributed by atoms with Gasteiger partial charge in [0, 0.05) is 0 Å². The van der Waals surface area contributed by atoms with Crippen molar-refractivity contribution in [3.05, 3.63) is 0 Å². The summed E-state index contributed by atoms with van der Waals surface area (Å²) in [4.78, 5) is 0. The average molecular weight is 206 g/mol. The van der Waals surface area contributed by atoms with Crippen LogP contribution in [-0.4, -0.2) is 37.0 Å². The Hall–Kier alpha value is 0.860. The lowest BCUT2D eigenvalue weighted by Gasteiger charge is -2.21. The maximum atomic E-state index is 2.45. The first-order valence-electron chi connectivity index (χ1n) is 4.85. The molecule has 0 unspecified atom stereocenters. The third-order valence-electron chi connectivity index (χ3n) is 2.57. The molecule has 0 rings (SSSR count). The van der Waals surface area contributed by atoms with Crippen molar-refractivity contribution in [3.8, 4) is 0 Å². The van der Waals surface area contributed by atoms with E-state index in [9.17, 15) is 0 Å². The predicted molar refractivity (Wildman–Crippen MR) is 65.7 cm³/mol. The highest BCUT2D eigenvalue weighted by Crippen LogP contribution is 2.43. The van der Waals surface area contributed by atoms with Gasteiger partial charge in [-0.05, 0) is 37.0 Å². The van der Waals surface area contributed by atoms with Crippen LogP contribution in [-0.2, 0) is 0 Å². The summed E-state index contributed by atoms with van der Waals surface area (Å²) in [6.07, 6.45) is 2.99. The highest BCUT2D eigenvalue weighted by atomic mass is 31.1. The van der Waals surface area contributed by atoms with Gasteiger partial charge in [-0.2, -0.15) is 0 Å². The van der Waals surface area contributed by atoms with Gasteiger partial charge in [-0.1, -0.05) is 27.7 Å². The molecule has 2 heteroatoms. The molecule has 0 aromatic rings. The summed E-state index contributed by atoms with van der Waals surface area (Å²) >= 11 is 0. The molecule has 0 N–H and O–H groups in total. The van der Waals surface area contributed by atoms with Crippen molar-refractivity contribution in [2.45, 2.75) is 39.0 Å². The lowest BCUT2D eigenvalue weighted by Crippen LogP contribution is -2.02. The molecule has 0 nitrogen and oxygen atoms in total. The Bertz CT molecular complexity index is 96.4. The van der Waals surface area contributed by atoms with E-state index in [1.807, 2.05) is 0 Å². The molecule has 0 amide bonds. The summed E-state index contributed by atoms with van der Waals surface area (Å²) in [5.41, 5.74) is 1.85. The van der Waals surface area contributed by atoms with E-state index < -0.39 is 0 Å². The molecule has 0 aromatic heterocycles. The predicted octanol–water partition coefficient (Wildman–Crippen LogP) is 4.03. The van der Waals surface area contributed by atoms with Crippen LogP contribution >= 0.6 is 15.8 Å². The van der Waals surface area contributed by atoms with Gasteiger partial charge in [0.05, 0.1) is 0 Å². The van der Waals surface area contributed by atoms with Crippen molar-refractivity contribution in [1.82, 2.24) is 0 Å². The topological polar surface area (TPSA) is 0 Å². The third-order valence-corrected chi connectivity index (χ3v) is 8.31. The average Bonchev–Trinajstić information content (AvgIpc) is 1.98. The molecule has 0 aromatic carbocycles. The summed E-state index contributed by atoms with van der Waals surface area (Å²) in [6, 6.07) is 0. The van der Waals surface area contributed by atoms with Gasteiger partial charge >= 0.3 is 0 Å². The maximum Gasteiger partial charge on any atom is -0.0268 e. The molecular formula is C10H24P2. The molecule has 0 aliphatic rings. The first kappa shape index (κ1) is 12.9. The molecule has 74 valence electrons. The molecule has 12 heavy (non-hydrogen) atoms. The van der Waals surface area contributed by atoms with Crippen molar-refractivity contribution in [2.75, 3.05) is 25.7 Å². The highest BCUT2D eigenvalue weighted by Gasteiger charge is 2.10. The van der Waals surface area contributed by atoms with Gasteiger partial charge in [0.2, 0.25) is 0 Å². The van der Waals surface area contributed by atoms with Crippen molar-refractivity contribution in [1.29, 1.82) is 0 Å². The van der Waals surface area contributed by atoms with Crippen LogP contribution in [0.2, 0.25) is 0 Å². The number of hydrogen-bond donors (Lipinski definition) is 0. The molecule has 0 radical (unpaired) electrons. The lowest BCUT2D eigenvalue weighted by atomic mass is 10.6. The molecule has 0 saturated carbocycles. The molecule has 0 fully saturated rings. The summed E-state index contributed by atoms with van der Waals surface area (Å²) in [5.74, 6) is 0. The second-order valence-corrected chi connectivity index (χ2v) is 10.1. The first-order valence-corrected chi connectivity index (χ1v) is 8.94. The van der Waals surface area contributed by atoms with Gasteiger partial charge in [-0.15, -0.1) is 15.8 Å². The van der Waals surface area contributed by atoms with Crippen molar-refractivity contribution in [3.63, 3.8) is 0 Å². The van der Waals surface area contributed by atoms with Gasteiger partial charge in [-0.3, -0.25) is 0 Å². The van der Waals surface area contributed by atoms with E-state index in [0.717, 1.165) is 11.3 Å². The molecule has 0 aliphatic heterocycles. The van der Waals surface area contributed by atoms with E-state index in [-0.39, 0.29) is 0 Å². The van der Waals surface area contributed by atoms with Gasteiger partial charge in [0.25, 0.3) is 0 Å². The van der Waals surface area contributed by atoms with Gasteiger partial charge in [0.15, 0.2) is 0 Å². The van der Waals surface area contributed by atoms with E-state index >= 15 is 0 Å². The quantitative estimate of drug-likeness (QED) is 0.596. The molecular weight excluding hydrogens is 182 g/mol. The monoisotopic (exact) mass is 206 g/mol. The zero-order valence-electron chi connectivity index (χ0n) is 9.46. The van der Waals surface area contributed by atoms with Crippen LogP contribution in [0.5, 0.6) is 0 Å². The second-order valence-electron chi connectivity index (χ2n) is 4.15. The van der Waals surface area contributed by atoms with Gasteiger partial charge < -0.3 is 0 Å². The maximum absolute atomic E-state index is 2.45. The second kappa shape index (κ2) is 6.33. The van der Waals surface area contributed by atoms with Crippen molar-refractivity contribution >= 4 is 15.8 Å². The van der Waals surface area contributed by atoms with E-state index in [4.69, 9.17) is 0 Å². The standard InChI is InChI=1S/C10H24P2/c1-9(2)11(5)7-8-12(6)10(3)4/h9-10H,7-8H2,1-6H3/t11-,12-/m0/s1. The Morgan fingerprint density at radius 3 is 1.17 bits per heavy atom. The van der Waals surface area contributed by atoms with Gasteiger partial charge in [-0.25, -0.2) is 0 Å². The minimum atomic E-state index is 0.319. The van der Waals surface area contributed by atoms with Crippen LogP contribution in [0.4, 0.5) is 0 Å². The molecule has 0 spiro atoms. The number of rotatable bonds is 5. The Balaban J connectivity index is 3.54. The zero-order chi connectivity index (χ0) is 9.72. The smallest absolute Gasteiger partial charge is 0.0268 e. The number of hydrogen-bond acceptors (Lipinski definition) is 0. The molecule has 0 aliphatic carbocycles. The minimum absolute atomic E-state index is 0.319. The molecule has 0 heterocycles.